The number of halogens is 3. The van der Waals surface area contributed by atoms with Crippen molar-refractivity contribution >= 4 is 21.5 Å². The Hall–Kier alpha value is -1.57. The second-order valence-corrected chi connectivity index (χ2v) is 7.63. The highest BCUT2D eigenvalue weighted by Gasteiger charge is 2.34. The third-order valence-electron chi connectivity index (χ3n) is 4.30. The monoisotopic (exact) mass is 346 g/mol. The largest absolute Gasteiger partial charge is 0.416 e. The van der Waals surface area contributed by atoms with Crippen LogP contribution in [0.15, 0.2) is 27.5 Å². The van der Waals surface area contributed by atoms with Crippen LogP contribution >= 0.6 is 0 Å². The van der Waals surface area contributed by atoms with Crippen LogP contribution in [0.1, 0.15) is 44.1 Å². The van der Waals surface area contributed by atoms with Gasteiger partial charge in [-0.3, -0.25) is 0 Å². The van der Waals surface area contributed by atoms with E-state index >= 15 is 0 Å². The Labute approximate surface area is 132 Å². The number of fused-ring (bicyclic) bond motifs is 1. The zero-order chi connectivity index (χ0) is 16.7. The highest BCUT2D eigenvalue weighted by Crippen LogP contribution is 2.36. The summed E-state index contributed by atoms with van der Waals surface area (Å²) in [6.07, 6.45) is 1.42. The minimum atomic E-state index is -4.59. The van der Waals surface area contributed by atoms with Gasteiger partial charge in [0.15, 0.2) is 0 Å². The molecule has 4 nitrogen and oxygen atoms in total. The number of hydrogen-bond donors (Lipinski definition) is 1. The van der Waals surface area contributed by atoms with Gasteiger partial charge in [-0.25, -0.2) is 0 Å². The predicted octanol–water partition coefficient (Wildman–Crippen LogP) is 4.19. The summed E-state index contributed by atoms with van der Waals surface area (Å²) in [7, 11) is -4.10. The molecule has 126 valence electrons. The Kier molecular flexibility index (Phi) is 4.12. The van der Waals surface area contributed by atoms with Crippen LogP contribution in [0, 0.1) is 5.92 Å². The first-order valence-corrected chi connectivity index (χ1v) is 9.02. The molecule has 1 saturated carbocycles. The summed E-state index contributed by atoms with van der Waals surface area (Å²) < 4.78 is 66.3. The third kappa shape index (κ3) is 3.52. The van der Waals surface area contributed by atoms with Crippen molar-refractivity contribution in [2.24, 2.45) is 10.3 Å². The van der Waals surface area contributed by atoms with Gasteiger partial charge >= 0.3 is 6.18 Å². The van der Waals surface area contributed by atoms with E-state index in [1.54, 1.807) is 0 Å². The lowest BCUT2D eigenvalue weighted by atomic mass is 9.86. The molecule has 0 aromatic heterocycles. The number of benzene rings is 1. The van der Waals surface area contributed by atoms with Crippen molar-refractivity contribution in [1.29, 1.82) is 0 Å². The van der Waals surface area contributed by atoms with Crippen molar-refractivity contribution in [3.63, 3.8) is 0 Å². The summed E-state index contributed by atoms with van der Waals surface area (Å²) in [5, 5.41) is 2.88. The highest BCUT2D eigenvalue weighted by atomic mass is 32.2. The zero-order valence-corrected chi connectivity index (χ0v) is 13.2. The van der Waals surface area contributed by atoms with Gasteiger partial charge in [0, 0.05) is 6.42 Å². The van der Waals surface area contributed by atoms with Gasteiger partial charge in [0.25, 0.3) is 10.0 Å². The molecule has 1 aliphatic heterocycles. The van der Waals surface area contributed by atoms with E-state index in [0.29, 0.717) is 24.2 Å². The number of sulfonamides is 1. The molecule has 0 saturated heterocycles. The molecule has 8 heteroatoms. The number of anilines is 1. The number of rotatable bonds is 2. The third-order valence-corrected chi connectivity index (χ3v) is 5.66. The van der Waals surface area contributed by atoms with Gasteiger partial charge in [-0.15, -0.1) is 4.40 Å². The van der Waals surface area contributed by atoms with Crippen LogP contribution in [0.2, 0.25) is 0 Å². The van der Waals surface area contributed by atoms with Crippen LogP contribution in [0.5, 0.6) is 0 Å². The van der Waals surface area contributed by atoms with Crippen molar-refractivity contribution in [3.8, 4) is 0 Å². The van der Waals surface area contributed by atoms with Crippen LogP contribution in [0.3, 0.4) is 0 Å². The van der Waals surface area contributed by atoms with Crippen molar-refractivity contribution in [2.75, 3.05) is 5.32 Å². The molecular formula is C15H17F3N2O2S. The second kappa shape index (κ2) is 5.81. The Morgan fingerprint density at radius 2 is 1.87 bits per heavy atom. The first kappa shape index (κ1) is 16.3. The number of nitrogens with zero attached hydrogens (tertiary/aromatic N) is 1. The van der Waals surface area contributed by atoms with Gasteiger partial charge in [0.05, 0.1) is 11.3 Å². The molecule has 23 heavy (non-hydrogen) atoms. The molecule has 1 fully saturated rings. The minimum Gasteiger partial charge on any atom is -0.342 e. The fourth-order valence-corrected chi connectivity index (χ4v) is 4.32. The van der Waals surface area contributed by atoms with E-state index < -0.39 is 26.7 Å². The van der Waals surface area contributed by atoms with Crippen LogP contribution in [-0.4, -0.2) is 14.3 Å². The molecule has 0 unspecified atom stereocenters. The lowest BCUT2D eigenvalue weighted by Gasteiger charge is -2.25. The summed E-state index contributed by atoms with van der Waals surface area (Å²) in [5.74, 6) is 0.699. The molecule has 1 aliphatic carbocycles. The average molecular weight is 346 g/mol. The molecule has 1 heterocycles. The first-order valence-electron chi connectivity index (χ1n) is 7.58. The molecule has 0 radical (unpaired) electrons. The summed E-state index contributed by atoms with van der Waals surface area (Å²) in [6.45, 7) is 0. The maximum Gasteiger partial charge on any atom is 0.416 e. The number of nitrogens with one attached hydrogen (secondary N) is 1. The molecule has 1 aromatic rings. The molecule has 3 rings (SSSR count). The summed E-state index contributed by atoms with van der Waals surface area (Å²) in [6, 6.07) is 2.68. The van der Waals surface area contributed by atoms with Crippen LogP contribution in [0.4, 0.5) is 18.9 Å². The fraction of sp³-hybridized carbons (Fsp3) is 0.533. The molecule has 0 spiro atoms. The lowest BCUT2D eigenvalue weighted by Crippen LogP contribution is -2.25. The Balaban J connectivity index is 1.88. The van der Waals surface area contributed by atoms with Crippen molar-refractivity contribution in [2.45, 2.75) is 49.6 Å². The van der Waals surface area contributed by atoms with E-state index in [-0.39, 0.29) is 5.69 Å². The normalized spacial score (nSPS) is 21.3. The van der Waals surface area contributed by atoms with Gasteiger partial charge in [-0.2, -0.15) is 21.6 Å². The van der Waals surface area contributed by atoms with E-state index in [0.717, 1.165) is 37.8 Å². The highest BCUT2D eigenvalue weighted by molar-refractivity contribution is 7.90. The number of alkyl halides is 3. The van der Waals surface area contributed by atoms with Gasteiger partial charge in [-0.1, -0.05) is 32.1 Å². The summed E-state index contributed by atoms with van der Waals surface area (Å²) in [5.41, 5.74) is -0.827. The van der Waals surface area contributed by atoms with Gasteiger partial charge in [0.1, 0.15) is 10.7 Å². The lowest BCUT2D eigenvalue weighted by molar-refractivity contribution is -0.137. The van der Waals surface area contributed by atoms with Crippen LogP contribution in [-0.2, 0) is 16.2 Å². The number of amidine groups is 1. The standard InChI is InChI=1S/C15H17F3N2O2S/c16-15(17,18)11-6-7-12-13(9-11)23(21,22)20-14(19-12)8-10-4-2-1-3-5-10/h6-7,9-10H,1-5,8H2,(H,19,20). The van der Waals surface area contributed by atoms with Gasteiger partial charge in [-0.05, 0) is 24.1 Å². The fourth-order valence-electron chi connectivity index (χ4n) is 3.14. The van der Waals surface area contributed by atoms with E-state index in [2.05, 4.69) is 9.71 Å². The van der Waals surface area contributed by atoms with Crippen molar-refractivity contribution < 1.29 is 21.6 Å². The molecule has 0 bridgehead atoms. The van der Waals surface area contributed by atoms with Gasteiger partial charge < -0.3 is 5.32 Å². The predicted molar refractivity (Wildman–Crippen MR) is 80.9 cm³/mol. The maximum absolute atomic E-state index is 12.7. The summed E-state index contributed by atoms with van der Waals surface area (Å²) in [4.78, 5) is -0.417. The van der Waals surface area contributed by atoms with E-state index in [9.17, 15) is 21.6 Å². The van der Waals surface area contributed by atoms with E-state index in [4.69, 9.17) is 0 Å². The van der Waals surface area contributed by atoms with Crippen LogP contribution in [0.25, 0.3) is 0 Å². The molecule has 0 atom stereocenters. The average Bonchev–Trinajstić information content (AvgIpc) is 2.46. The topological polar surface area (TPSA) is 58.5 Å². The molecule has 1 N–H and O–H groups in total. The maximum atomic E-state index is 12.7. The number of hydrogen-bond acceptors (Lipinski definition) is 3. The van der Waals surface area contributed by atoms with Crippen molar-refractivity contribution in [1.82, 2.24) is 0 Å². The first-order chi connectivity index (χ1) is 10.8. The van der Waals surface area contributed by atoms with Crippen molar-refractivity contribution in [3.05, 3.63) is 23.8 Å². The Morgan fingerprint density at radius 3 is 2.52 bits per heavy atom. The minimum absolute atomic E-state index is 0.166. The summed E-state index contributed by atoms with van der Waals surface area (Å²) >= 11 is 0. The SMILES string of the molecule is O=S1(=O)N=C(CC2CCCCC2)Nc2ccc(C(F)(F)F)cc21. The second-order valence-electron chi connectivity index (χ2n) is 6.05. The molecule has 2 aliphatic rings. The smallest absolute Gasteiger partial charge is 0.342 e. The van der Waals surface area contributed by atoms with E-state index in [1.807, 2.05) is 0 Å². The molecular weight excluding hydrogens is 329 g/mol. The quantitative estimate of drug-likeness (QED) is 0.873. The van der Waals surface area contributed by atoms with E-state index in [1.165, 1.54) is 6.42 Å². The molecule has 0 amide bonds. The molecule has 1 aromatic carbocycles. The Bertz CT molecular complexity index is 736. The Morgan fingerprint density at radius 1 is 1.17 bits per heavy atom. The van der Waals surface area contributed by atoms with Crippen LogP contribution < -0.4 is 5.32 Å². The van der Waals surface area contributed by atoms with Gasteiger partial charge in [0.2, 0.25) is 0 Å². The zero-order valence-electron chi connectivity index (χ0n) is 12.4.